The lowest BCUT2D eigenvalue weighted by atomic mass is 9.67. The molecule has 2 saturated carbocycles. The number of hydrogen-bond donors (Lipinski definition) is 2. The molecule has 2 aromatic carbocycles. The van der Waals surface area contributed by atoms with E-state index in [2.05, 4.69) is 5.32 Å². The molecule has 10 heteroatoms. The standard InChI is InChI=1S/C23H18ClF6NO2/c24-14-7-15-17-9-1-2-10(3-9)18(17)19(31-20(15)16(8-14)21(32)33)11-4-12(22(25,26)27)6-13(5-11)23(28,29)30/h4-10,17-19,31H,1-3H2,(H,32,33). The second-order valence-corrected chi connectivity index (χ2v) is 9.56. The van der Waals surface area contributed by atoms with Gasteiger partial charge in [0, 0.05) is 5.02 Å². The number of halogens is 7. The zero-order chi connectivity index (χ0) is 23.9. The number of alkyl halides is 6. The van der Waals surface area contributed by atoms with Crippen molar-refractivity contribution < 1.29 is 36.2 Å². The molecule has 0 radical (unpaired) electrons. The maximum absolute atomic E-state index is 13.5. The number of fused-ring (bicyclic) bond motifs is 7. The number of nitrogens with one attached hydrogen (secondary N) is 1. The highest BCUT2D eigenvalue weighted by Gasteiger charge is 2.54. The molecule has 33 heavy (non-hydrogen) atoms. The fourth-order valence-electron chi connectivity index (χ4n) is 6.21. The Morgan fingerprint density at radius 2 is 1.55 bits per heavy atom. The van der Waals surface area contributed by atoms with Crippen LogP contribution in [0.15, 0.2) is 30.3 Å². The van der Waals surface area contributed by atoms with E-state index in [-0.39, 0.29) is 51.6 Å². The SMILES string of the molecule is O=C(O)c1cc(Cl)cc2c1NC(c1cc(C(F)(F)F)cc(C(F)(F)F)c1)C1C3CCC(C3)C21. The number of anilines is 1. The summed E-state index contributed by atoms with van der Waals surface area (Å²) in [6, 6.07) is 3.63. The molecule has 2 fully saturated rings. The van der Waals surface area contributed by atoms with E-state index >= 15 is 0 Å². The van der Waals surface area contributed by atoms with Crippen LogP contribution in [0.1, 0.15) is 63.8 Å². The number of rotatable bonds is 2. The fourth-order valence-corrected chi connectivity index (χ4v) is 6.44. The number of carboxylic acid groups (broad SMARTS) is 1. The number of carbonyl (C=O) groups is 1. The first-order valence-corrected chi connectivity index (χ1v) is 10.8. The van der Waals surface area contributed by atoms with Gasteiger partial charge in [-0.05, 0) is 84.4 Å². The molecule has 2 aliphatic carbocycles. The molecule has 2 bridgehead atoms. The summed E-state index contributed by atoms with van der Waals surface area (Å²) in [6.07, 6.45) is -7.42. The topological polar surface area (TPSA) is 49.3 Å². The summed E-state index contributed by atoms with van der Waals surface area (Å²) in [5.41, 5.74) is -2.15. The first kappa shape index (κ1) is 22.4. The summed E-state index contributed by atoms with van der Waals surface area (Å²) >= 11 is 6.17. The Morgan fingerprint density at radius 1 is 0.939 bits per heavy atom. The average Bonchev–Trinajstić information content (AvgIpc) is 3.33. The van der Waals surface area contributed by atoms with Crippen LogP contribution in [0.25, 0.3) is 0 Å². The van der Waals surface area contributed by atoms with Crippen molar-refractivity contribution >= 4 is 23.3 Å². The molecule has 5 rings (SSSR count). The van der Waals surface area contributed by atoms with Crippen LogP contribution >= 0.6 is 11.6 Å². The van der Waals surface area contributed by atoms with Gasteiger partial charge in [0.25, 0.3) is 0 Å². The van der Waals surface area contributed by atoms with Gasteiger partial charge < -0.3 is 10.4 Å². The zero-order valence-electron chi connectivity index (χ0n) is 16.9. The second-order valence-electron chi connectivity index (χ2n) is 9.12. The van der Waals surface area contributed by atoms with Gasteiger partial charge in [-0.1, -0.05) is 11.6 Å². The molecular formula is C23H18ClF6NO2. The van der Waals surface area contributed by atoms with E-state index in [1.165, 1.54) is 6.07 Å². The van der Waals surface area contributed by atoms with Crippen LogP contribution in [-0.4, -0.2) is 11.1 Å². The monoisotopic (exact) mass is 489 g/mol. The highest BCUT2D eigenvalue weighted by Crippen LogP contribution is 2.64. The smallest absolute Gasteiger partial charge is 0.416 e. The van der Waals surface area contributed by atoms with Crippen molar-refractivity contribution in [3.63, 3.8) is 0 Å². The van der Waals surface area contributed by atoms with Gasteiger partial charge in [-0.25, -0.2) is 4.79 Å². The minimum atomic E-state index is -4.96. The summed E-state index contributed by atoms with van der Waals surface area (Å²) in [5.74, 6) is -1.44. The number of hydrogen-bond acceptors (Lipinski definition) is 2. The largest absolute Gasteiger partial charge is 0.478 e. The Bertz CT molecular complexity index is 1110. The molecule has 0 spiro atoms. The van der Waals surface area contributed by atoms with Gasteiger partial charge in [0.1, 0.15) is 0 Å². The van der Waals surface area contributed by atoms with Crippen LogP contribution in [0.3, 0.4) is 0 Å². The Morgan fingerprint density at radius 3 is 2.12 bits per heavy atom. The molecule has 2 aromatic rings. The van der Waals surface area contributed by atoms with E-state index in [0.717, 1.165) is 31.4 Å². The molecule has 3 nitrogen and oxygen atoms in total. The van der Waals surface area contributed by atoms with Gasteiger partial charge in [0.15, 0.2) is 0 Å². The summed E-state index contributed by atoms with van der Waals surface area (Å²) in [4.78, 5) is 11.9. The zero-order valence-corrected chi connectivity index (χ0v) is 17.7. The van der Waals surface area contributed by atoms with Crippen molar-refractivity contribution in [3.05, 3.63) is 63.2 Å². The molecule has 0 saturated heterocycles. The van der Waals surface area contributed by atoms with E-state index in [1.807, 2.05) is 0 Å². The summed E-state index contributed by atoms with van der Waals surface area (Å²) in [6.45, 7) is 0. The maximum Gasteiger partial charge on any atom is 0.416 e. The van der Waals surface area contributed by atoms with E-state index in [0.29, 0.717) is 5.56 Å². The summed E-state index contributed by atoms with van der Waals surface area (Å²) in [5, 5.41) is 13.0. The quantitative estimate of drug-likeness (QED) is 0.433. The van der Waals surface area contributed by atoms with E-state index in [4.69, 9.17) is 11.6 Å². The van der Waals surface area contributed by atoms with Gasteiger partial charge in [-0.3, -0.25) is 0 Å². The number of carboxylic acids is 1. The molecule has 1 aliphatic heterocycles. The average molecular weight is 490 g/mol. The van der Waals surface area contributed by atoms with E-state index in [9.17, 15) is 36.2 Å². The van der Waals surface area contributed by atoms with Crippen LogP contribution in [0.4, 0.5) is 32.0 Å². The molecule has 0 aromatic heterocycles. The van der Waals surface area contributed by atoms with Gasteiger partial charge in [-0.15, -0.1) is 0 Å². The van der Waals surface area contributed by atoms with E-state index in [1.54, 1.807) is 6.07 Å². The third-order valence-corrected chi connectivity index (χ3v) is 7.58. The molecular weight excluding hydrogens is 472 g/mol. The molecule has 2 N–H and O–H groups in total. The second kappa shape index (κ2) is 7.29. The third-order valence-electron chi connectivity index (χ3n) is 7.36. The van der Waals surface area contributed by atoms with Crippen LogP contribution in [0.5, 0.6) is 0 Å². The predicted octanol–water partition coefficient (Wildman–Crippen LogP) is 7.37. The fraction of sp³-hybridized carbons (Fsp3) is 0.435. The first-order valence-electron chi connectivity index (χ1n) is 10.5. The van der Waals surface area contributed by atoms with Crippen molar-refractivity contribution in [3.8, 4) is 0 Å². The first-order chi connectivity index (χ1) is 15.3. The lowest BCUT2D eigenvalue weighted by Crippen LogP contribution is -2.36. The van der Waals surface area contributed by atoms with Crippen LogP contribution in [-0.2, 0) is 12.4 Å². The Balaban J connectivity index is 1.71. The van der Waals surface area contributed by atoms with Crippen molar-refractivity contribution in [2.45, 2.75) is 43.6 Å². The van der Waals surface area contributed by atoms with Crippen molar-refractivity contribution in [2.24, 2.45) is 17.8 Å². The Kier molecular flexibility index (Phi) is 4.94. The molecule has 0 amide bonds. The normalized spacial score (nSPS) is 28.3. The lowest BCUT2D eigenvalue weighted by Gasteiger charge is -2.44. The highest BCUT2D eigenvalue weighted by atomic mass is 35.5. The van der Waals surface area contributed by atoms with E-state index < -0.39 is 35.5 Å². The summed E-state index contributed by atoms with van der Waals surface area (Å²) in [7, 11) is 0. The Labute approximate surface area is 189 Å². The van der Waals surface area contributed by atoms with Crippen molar-refractivity contribution in [1.29, 1.82) is 0 Å². The van der Waals surface area contributed by atoms with Crippen LogP contribution in [0.2, 0.25) is 5.02 Å². The predicted molar refractivity (Wildman–Crippen MR) is 108 cm³/mol. The van der Waals surface area contributed by atoms with Gasteiger partial charge in [-0.2, -0.15) is 26.3 Å². The number of aromatic carboxylic acids is 1. The lowest BCUT2D eigenvalue weighted by molar-refractivity contribution is -0.143. The highest BCUT2D eigenvalue weighted by molar-refractivity contribution is 6.31. The van der Waals surface area contributed by atoms with Gasteiger partial charge in [0.2, 0.25) is 0 Å². The molecule has 1 heterocycles. The summed E-state index contributed by atoms with van der Waals surface area (Å²) < 4.78 is 81.0. The molecule has 5 unspecified atom stereocenters. The van der Waals surface area contributed by atoms with Crippen LogP contribution in [0, 0.1) is 17.8 Å². The van der Waals surface area contributed by atoms with Gasteiger partial charge in [0.05, 0.1) is 28.4 Å². The maximum atomic E-state index is 13.5. The Hall–Kier alpha value is -2.42. The van der Waals surface area contributed by atoms with Crippen LogP contribution < -0.4 is 5.32 Å². The van der Waals surface area contributed by atoms with Crippen molar-refractivity contribution in [2.75, 3.05) is 5.32 Å². The van der Waals surface area contributed by atoms with Crippen molar-refractivity contribution in [1.82, 2.24) is 0 Å². The van der Waals surface area contributed by atoms with Gasteiger partial charge >= 0.3 is 18.3 Å². The molecule has 5 atom stereocenters. The number of benzene rings is 2. The molecule has 3 aliphatic rings. The third kappa shape index (κ3) is 3.64. The minimum Gasteiger partial charge on any atom is -0.478 e. The minimum absolute atomic E-state index is 0.112. The molecule has 176 valence electrons.